The highest BCUT2D eigenvalue weighted by Gasteiger charge is 2.45. The Morgan fingerprint density at radius 2 is 2.14 bits per heavy atom. The molecule has 1 aromatic heterocycles. The molecule has 3 fully saturated rings. The van der Waals surface area contributed by atoms with Crippen LogP contribution in [0, 0.1) is 11.3 Å². The molecule has 2 aromatic rings. The predicted octanol–water partition coefficient (Wildman–Crippen LogP) is 5.78. The molecule has 2 heterocycles. The number of nitrogens with one attached hydrogen (secondary N) is 1. The lowest BCUT2D eigenvalue weighted by Crippen LogP contribution is -2.49. The maximum atomic E-state index is 13.2. The number of fused-ring (bicyclic) bond motifs is 3. The second kappa shape index (κ2) is 7.73. The van der Waals surface area contributed by atoms with Crippen molar-refractivity contribution in [3.8, 4) is 0 Å². The summed E-state index contributed by atoms with van der Waals surface area (Å²) in [4.78, 5) is 20.6. The molecule has 1 N–H and O–H groups in total. The second-order valence-corrected chi connectivity index (χ2v) is 10.7. The standard InChI is InChI=1S/C23H30ClN3OS/c1-2-23(10-4-3-5-11-23)21(28)25-18-9-7-17-12-15(18)14-27(17)22-26-19-8-6-16(24)13-20(19)29-22/h6,8,13,15,17-18H,2-5,7,9-12,14H2,1H3,(H,25,28). The van der Waals surface area contributed by atoms with Crippen LogP contribution < -0.4 is 10.2 Å². The van der Waals surface area contributed by atoms with Crippen molar-refractivity contribution in [2.45, 2.75) is 76.8 Å². The summed E-state index contributed by atoms with van der Waals surface area (Å²) in [5.74, 6) is 0.863. The van der Waals surface area contributed by atoms with E-state index in [-0.39, 0.29) is 5.41 Å². The Kier molecular flexibility index (Phi) is 5.23. The number of carbonyl (C=O) groups is 1. The van der Waals surface area contributed by atoms with Gasteiger partial charge < -0.3 is 10.2 Å². The van der Waals surface area contributed by atoms with E-state index in [4.69, 9.17) is 16.6 Å². The van der Waals surface area contributed by atoms with E-state index >= 15 is 0 Å². The average molecular weight is 432 g/mol. The second-order valence-electron chi connectivity index (χ2n) is 9.26. The molecule has 4 nitrogen and oxygen atoms in total. The largest absolute Gasteiger partial charge is 0.353 e. The van der Waals surface area contributed by atoms with Gasteiger partial charge in [-0.25, -0.2) is 4.98 Å². The monoisotopic (exact) mass is 431 g/mol. The minimum atomic E-state index is -0.111. The molecule has 2 aliphatic carbocycles. The molecule has 1 saturated heterocycles. The Balaban J connectivity index is 1.30. The lowest BCUT2D eigenvalue weighted by atomic mass is 9.71. The third-order valence-electron chi connectivity index (χ3n) is 7.70. The summed E-state index contributed by atoms with van der Waals surface area (Å²) in [5, 5.41) is 5.39. The van der Waals surface area contributed by atoms with E-state index in [1.165, 1.54) is 25.7 Å². The number of nitrogens with zero attached hydrogens (tertiary/aromatic N) is 2. The highest BCUT2D eigenvalue weighted by atomic mass is 35.5. The van der Waals surface area contributed by atoms with Crippen LogP contribution in [0.5, 0.6) is 0 Å². The van der Waals surface area contributed by atoms with E-state index in [0.29, 0.717) is 23.9 Å². The first-order valence-corrected chi connectivity index (χ1v) is 12.4. The number of aromatic nitrogens is 1. The number of hydrogen-bond acceptors (Lipinski definition) is 4. The van der Waals surface area contributed by atoms with Crippen LogP contribution in [0.3, 0.4) is 0 Å². The first-order chi connectivity index (χ1) is 14.1. The van der Waals surface area contributed by atoms with Gasteiger partial charge in [-0.1, -0.05) is 49.1 Å². The van der Waals surface area contributed by atoms with Gasteiger partial charge in [0.25, 0.3) is 0 Å². The van der Waals surface area contributed by atoms with E-state index in [1.54, 1.807) is 11.3 Å². The maximum Gasteiger partial charge on any atom is 0.226 e. The molecule has 5 rings (SSSR count). The molecule has 2 bridgehead atoms. The highest BCUT2D eigenvalue weighted by molar-refractivity contribution is 7.22. The smallest absolute Gasteiger partial charge is 0.226 e. The third kappa shape index (κ3) is 3.54. The molecule has 156 valence electrons. The van der Waals surface area contributed by atoms with Crippen molar-refractivity contribution in [1.29, 1.82) is 0 Å². The summed E-state index contributed by atoms with van der Waals surface area (Å²) in [6, 6.07) is 6.81. The first kappa shape index (κ1) is 19.6. The van der Waals surface area contributed by atoms with E-state index in [1.807, 2.05) is 18.2 Å². The van der Waals surface area contributed by atoms with Gasteiger partial charge in [0.1, 0.15) is 0 Å². The van der Waals surface area contributed by atoms with E-state index in [0.717, 1.165) is 59.0 Å². The maximum absolute atomic E-state index is 13.2. The zero-order valence-electron chi connectivity index (χ0n) is 17.1. The van der Waals surface area contributed by atoms with Gasteiger partial charge in [-0.15, -0.1) is 0 Å². The number of carbonyl (C=O) groups excluding carboxylic acids is 1. The van der Waals surface area contributed by atoms with Crippen LogP contribution in [-0.2, 0) is 4.79 Å². The number of amides is 1. The normalized spacial score (nSPS) is 28.6. The molecule has 3 unspecified atom stereocenters. The van der Waals surface area contributed by atoms with E-state index < -0.39 is 0 Å². The Hall–Kier alpha value is -1.33. The van der Waals surface area contributed by atoms with Gasteiger partial charge in [0.2, 0.25) is 5.91 Å². The molecule has 1 aliphatic heterocycles. The number of rotatable bonds is 4. The number of hydrogen-bond donors (Lipinski definition) is 1. The van der Waals surface area contributed by atoms with Gasteiger partial charge in [-0.2, -0.15) is 0 Å². The van der Waals surface area contributed by atoms with Crippen LogP contribution in [0.1, 0.15) is 64.7 Å². The van der Waals surface area contributed by atoms with Crippen molar-refractivity contribution in [3.63, 3.8) is 0 Å². The first-order valence-electron chi connectivity index (χ1n) is 11.2. The van der Waals surface area contributed by atoms with Gasteiger partial charge in [0.05, 0.1) is 10.2 Å². The Morgan fingerprint density at radius 1 is 1.31 bits per heavy atom. The van der Waals surface area contributed by atoms with Crippen molar-refractivity contribution < 1.29 is 4.79 Å². The lowest BCUT2D eigenvalue weighted by Gasteiger charge is -2.38. The fourth-order valence-corrected chi connectivity index (χ4v) is 7.17. The number of benzene rings is 1. The summed E-state index contributed by atoms with van der Waals surface area (Å²) in [7, 11) is 0. The lowest BCUT2D eigenvalue weighted by molar-refractivity contribution is -0.134. The highest BCUT2D eigenvalue weighted by Crippen LogP contribution is 2.43. The molecule has 1 amide bonds. The number of halogens is 1. The van der Waals surface area contributed by atoms with E-state index in [9.17, 15) is 4.79 Å². The van der Waals surface area contributed by atoms with E-state index in [2.05, 4.69) is 17.1 Å². The molecule has 6 heteroatoms. The van der Waals surface area contributed by atoms with Crippen LogP contribution in [0.2, 0.25) is 5.02 Å². The van der Waals surface area contributed by atoms with Crippen molar-refractivity contribution in [2.75, 3.05) is 11.4 Å². The quantitative estimate of drug-likeness (QED) is 0.666. The van der Waals surface area contributed by atoms with Crippen LogP contribution in [0.25, 0.3) is 10.2 Å². The van der Waals surface area contributed by atoms with Crippen molar-refractivity contribution >= 4 is 44.2 Å². The molecule has 3 atom stereocenters. The van der Waals surface area contributed by atoms with Gasteiger partial charge >= 0.3 is 0 Å². The zero-order valence-corrected chi connectivity index (χ0v) is 18.7. The van der Waals surface area contributed by atoms with Crippen LogP contribution in [0.15, 0.2) is 18.2 Å². The van der Waals surface area contributed by atoms with Gasteiger partial charge in [0.15, 0.2) is 5.13 Å². The van der Waals surface area contributed by atoms with Crippen LogP contribution in [0.4, 0.5) is 5.13 Å². The molecule has 0 radical (unpaired) electrons. The third-order valence-corrected chi connectivity index (χ3v) is 8.99. The summed E-state index contributed by atoms with van der Waals surface area (Å²) in [5.41, 5.74) is 0.919. The fraction of sp³-hybridized carbons (Fsp3) is 0.652. The molecule has 2 saturated carbocycles. The van der Waals surface area contributed by atoms with Gasteiger partial charge in [-0.3, -0.25) is 4.79 Å². The minimum absolute atomic E-state index is 0.111. The topological polar surface area (TPSA) is 45.2 Å². The SMILES string of the molecule is CCC1(C(=O)NC2CCC3CC2CN3c2nc3ccc(Cl)cc3s2)CCCCC1. The summed E-state index contributed by atoms with van der Waals surface area (Å²) >= 11 is 7.90. The molecule has 0 spiro atoms. The molecule has 29 heavy (non-hydrogen) atoms. The number of thiazole rings is 1. The fourth-order valence-electron chi connectivity index (χ4n) is 5.85. The molecular formula is C23H30ClN3OS. The van der Waals surface area contributed by atoms with Crippen LogP contribution >= 0.6 is 22.9 Å². The Morgan fingerprint density at radius 3 is 2.93 bits per heavy atom. The van der Waals surface area contributed by atoms with Crippen molar-refractivity contribution in [2.24, 2.45) is 11.3 Å². The molecular weight excluding hydrogens is 402 g/mol. The van der Waals surface area contributed by atoms with Crippen molar-refractivity contribution in [1.82, 2.24) is 10.3 Å². The predicted molar refractivity (Wildman–Crippen MR) is 121 cm³/mol. The average Bonchev–Trinajstić information content (AvgIpc) is 3.31. The minimum Gasteiger partial charge on any atom is -0.353 e. The van der Waals surface area contributed by atoms with Crippen molar-refractivity contribution in [3.05, 3.63) is 23.2 Å². The molecule has 3 aliphatic rings. The van der Waals surface area contributed by atoms with Gasteiger partial charge in [-0.05, 0) is 62.6 Å². The summed E-state index contributed by atoms with van der Waals surface area (Å²) in [6.07, 6.45) is 10.2. The summed E-state index contributed by atoms with van der Waals surface area (Å²) in [6.45, 7) is 3.20. The Bertz CT molecular complexity index is 907. The van der Waals surface area contributed by atoms with Crippen LogP contribution in [-0.4, -0.2) is 29.5 Å². The zero-order chi connectivity index (χ0) is 20.0. The molecule has 1 aromatic carbocycles. The van der Waals surface area contributed by atoms with Gasteiger partial charge in [0, 0.05) is 29.1 Å². The Labute approximate surface area is 182 Å². The summed E-state index contributed by atoms with van der Waals surface area (Å²) < 4.78 is 1.15. The number of anilines is 1.